The van der Waals surface area contributed by atoms with E-state index < -0.39 is 97.5 Å². The lowest BCUT2D eigenvalue weighted by atomic mass is 9.99. The fourth-order valence-corrected chi connectivity index (χ4v) is 12.8. The molecule has 0 aliphatic heterocycles. The van der Waals surface area contributed by atoms with Crippen molar-refractivity contribution in [2.75, 3.05) is 39.6 Å². The van der Waals surface area contributed by atoms with Gasteiger partial charge >= 0.3 is 39.5 Å². The molecule has 552 valence electrons. The molecule has 0 aromatic heterocycles. The quantitative estimate of drug-likeness (QED) is 0.0222. The van der Waals surface area contributed by atoms with E-state index in [0.29, 0.717) is 25.7 Å². The first-order chi connectivity index (χ1) is 44.8. The molecule has 0 heterocycles. The number of carbonyl (C=O) groups excluding carboxylic acids is 4. The molecule has 17 nitrogen and oxygen atoms in total. The normalized spacial score (nSPS) is 14.7. The number of unbranched alkanes of at least 4 members (excludes halogenated alkanes) is 38. The van der Waals surface area contributed by atoms with Crippen molar-refractivity contribution >= 4 is 39.5 Å². The van der Waals surface area contributed by atoms with E-state index in [2.05, 4.69) is 48.5 Å². The van der Waals surface area contributed by atoms with Crippen LogP contribution in [0, 0.1) is 17.8 Å². The van der Waals surface area contributed by atoms with Gasteiger partial charge in [-0.05, 0) is 43.4 Å². The van der Waals surface area contributed by atoms with Gasteiger partial charge < -0.3 is 33.8 Å². The number of aliphatic hydroxyl groups excluding tert-OH is 1. The van der Waals surface area contributed by atoms with E-state index in [1.807, 2.05) is 0 Å². The Bertz CT molecular complexity index is 1820. The zero-order chi connectivity index (χ0) is 68.7. The Hall–Kier alpha value is -1.94. The van der Waals surface area contributed by atoms with Crippen molar-refractivity contribution in [3.63, 3.8) is 0 Å². The average molecular weight is 1370 g/mol. The highest BCUT2D eigenvalue weighted by atomic mass is 31.2. The Morgan fingerprint density at radius 2 is 0.548 bits per heavy atom. The number of rotatable bonds is 72. The van der Waals surface area contributed by atoms with Gasteiger partial charge in [-0.1, -0.05) is 325 Å². The second-order valence-electron chi connectivity index (χ2n) is 27.6. The number of hydrogen-bond acceptors (Lipinski definition) is 15. The molecule has 0 spiro atoms. The third-order valence-corrected chi connectivity index (χ3v) is 19.8. The van der Waals surface area contributed by atoms with Gasteiger partial charge in [0, 0.05) is 25.7 Å². The molecular weight excluding hydrogens is 1220 g/mol. The molecule has 0 saturated heterocycles. The van der Waals surface area contributed by atoms with Gasteiger partial charge in [-0.3, -0.25) is 37.3 Å². The van der Waals surface area contributed by atoms with Crippen LogP contribution >= 0.6 is 15.6 Å². The average Bonchev–Trinajstić information content (AvgIpc) is 2.32. The molecule has 0 aromatic rings. The van der Waals surface area contributed by atoms with Gasteiger partial charge in [0.1, 0.15) is 19.3 Å². The molecule has 0 fully saturated rings. The van der Waals surface area contributed by atoms with E-state index >= 15 is 0 Å². The van der Waals surface area contributed by atoms with Gasteiger partial charge in [-0.2, -0.15) is 0 Å². The summed E-state index contributed by atoms with van der Waals surface area (Å²) in [5, 5.41) is 10.6. The lowest BCUT2D eigenvalue weighted by Crippen LogP contribution is -2.30. The Morgan fingerprint density at radius 3 is 0.817 bits per heavy atom. The highest BCUT2D eigenvalue weighted by Gasteiger charge is 2.30. The molecule has 0 aliphatic rings. The van der Waals surface area contributed by atoms with Crippen molar-refractivity contribution in [2.24, 2.45) is 17.8 Å². The Labute approximate surface area is 568 Å². The summed E-state index contributed by atoms with van der Waals surface area (Å²) < 4.78 is 68.3. The third-order valence-electron chi connectivity index (χ3n) is 17.9. The summed E-state index contributed by atoms with van der Waals surface area (Å²) in [6.07, 6.45) is 50.0. The standard InChI is InChI=1S/C74H144O17P2/c1-8-11-12-13-31-41-48-55-71(76)84-61-69(91-74(79)58-51-44-37-30-29-34-40-47-54-67(7)10-3)63-88-92(80,81)86-59-68(75)60-87-93(82,83)89-64-70(62-85-72(77)56-49-42-35-27-23-20-16-17-21-25-32-38-45-52-65(4)5)90-73(78)57-50-43-36-28-24-19-15-14-18-22-26-33-39-46-53-66(6)9-2/h65-70,75H,8-64H2,1-7H3,(H,80,81)(H,82,83)/t66?,67?,68-,69+,70+/m0/s1. The molecule has 0 amide bonds. The summed E-state index contributed by atoms with van der Waals surface area (Å²) in [6.45, 7) is 11.9. The van der Waals surface area contributed by atoms with E-state index in [0.717, 1.165) is 120 Å². The van der Waals surface area contributed by atoms with Crippen LogP contribution in [0.3, 0.4) is 0 Å². The van der Waals surface area contributed by atoms with Gasteiger partial charge in [-0.15, -0.1) is 0 Å². The first-order valence-corrected chi connectivity index (χ1v) is 41.4. The van der Waals surface area contributed by atoms with Crippen LogP contribution in [0.25, 0.3) is 0 Å². The van der Waals surface area contributed by atoms with E-state index in [-0.39, 0.29) is 25.7 Å². The van der Waals surface area contributed by atoms with Crippen LogP contribution in [-0.4, -0.2) is 96.7 Å². The molecule has 3 N–H and O–H groups in total. The van der Waals surface area contributed by atoms with E-state index in [9.17, 15) is 43.2 Å². The van der Waals surface area contributed by atoms with E-state index in [1.165, 1.54) is 173 Å². The van der Waals surface area contributed by atoms with Crippen LogP contribution in [0.2, 0.25) is 0 Å². The number of phosphoric ester groups is 2. The van der Waals surface area contributed by atoms with Gasteiger partial charge in [0.25, 0.3) is 0 Å². The van der Waals surface area contributed by atoms with Crippen molar-refractivity contribution in [2.45, 2.75) is 394 Å². The van der Waals surface area contributed by atoms with Crippen LogP contribution < -0.4 is 0 Å². The van der Waals surface area contributed by atoms with Crippen LogP contribution in [0.5, 0.6) is 0 Å². The highest BCUT2D eigenvalue weighted by Crippen LogP contribution is 2.45. The Balaban J connectivity index is 5.21. The number of ether oxygens (including phenoxy) is 4. The molecule has 4 unspecified atom stereocenters. The van der Waals surface area contributed by atoms with Crippen molar-refractivity contribution in [3.05, 3.63) is 0 Å². The van der Waals surface area contributed by atoms with Crippen LogP contribution in [0.15, 0.2) is 0 Å². The smallest absolute Gasteiger partial charge is 0.462 e. The summed E-state index contributed by atoms with van der Waals surface area (Å²) in [5.41, 5.74) is 0. The zero-order valence-corrected chi connectivity index (χ0v) is 62.5. The second kappa shape index (κ2) is 64.7. The fourth-order valence-electron chi connectivity index (χ4n) is 11.2. The Kier molecular flexibility index (Phi) is 63.4. The number of carbonyl (C=O) groups is 4. The van der Waals surface area contributed by atoms with Gasteiger partial charge in [0.05, 0.1) is 26.4 Å². The topological polar surface area (TPSA) is 237 Å². The molecule has 0 saturated carbocycles. The summed E-state index contributed by atoms with van der Waals surface area (Å²) in [6, 6.07) is 0. The second-order valence-corrected chi connectivity index (χ2v) is 30.6. The predicted octanol–water partition coefficient (Wildman–Crippen LogP) is 21.4. The fraction of sp³-hybridized carbons (Fsp3) is 0.946. The highest BCUT2D eigenvalue weighted by molar-refractivity contribution is 7.47. The van der Waals surface area contributed by atoms with E-state index in [4.69, 9.17) is 37.0 Å². The summed E-state index contributed by atoms with van der Waals surface area (Å²) in [7, 11) is -9.90. The van der Waals surface area contributed by atoms with E-state index in [1.54, 1.807) is 0 Å². The Morgan fingerprint density at radius 1 is 0.312 bits per heavy atom. The number of aliphatic hydroxyl groups is 1. The molecule has 0 aromatic carbocycles. The van der Waals surface area contributed by atoms with Crippen molar-refractivity contribution in [1.29, 1.82) is 0 Å². The van der Waals surface area contributed by atoms with Crippen molar-refractivity contribution in [1.82, 2.24) is 0 Å². The number of phosphoric acid groups is 2. The number of esters is 4. The summed E-state index contributed by atoms with van der Waals surface area (Å²) >= 11 is 0. The molecule has 19 heteroatoms. The molecule has 0 radical (unpaired) electrons. The first-order valence-electron chi connectivity index (χ1n) is 38.4. The van der Waals surface area contributed by atoms with Gasteiger partial charge in [-0.25, -0.2) is 9.13 Å². The SMILES string of the molecule is CCCCCCCCCC(=O)OC[C@H](COP(=O)(O)OC[C@H](O)COP(=O)(O)OC[C@@H](COC(=O)CCCCCCCCCCCCCCCC(C)C)OC(=O)CCCCCCCCCCCCCCCCC(C)CC)OC(=O)CCCCCCCCCCC(C)CC. The minimum Gasteiger partial charge on any atom is -0.462 e. The first kappa shape index (κ1) is 91.1. The lowest BCUT2D eigenvalue weighted by Gasteiger charge is -2.21. The van der Waals surface area contributed by atoms with Gasteiger partial charge in [0.2, 0.25) is 0 Å². The van der Waals surface area contributed by atoms with Crippen LogP contribution in [0.4, 0.5) is 0 Å². The van der Waals surface area contributed by atoms with Crippen LogP contribution in [0.1, 0.15) is 376 Å². The maximum atomic E-state index is 13.1. The third kappa shape index (κ3) is 65.8. The molecule has 93 heavy (non-hydrogen) atoms. The maximum absolute atomic E-state index is 13.1. The minimum absolute atomic E-state index is 0.104. The zero-order valence-electron chi connectivity index (χ0n) is 60.7. The summed E-state index contributed by atoms with van der Waals surface area (Å²) in [5.74, 6) is 0.281. The lowest BCUT2D eigenvalue weighted by molar-refractivity contribution is -0.161. The molecular formula is C74H144O17P2. The number of hydrogen-bond donors (Lipinski definition) is 3. The predicted molar refractivity (Wildman–Crippen MR) is 377 cm³/mol. The minimum atomic E-state index is -4.96. The maximum Gasteiger partial charge on any atom is 0.472 e. The van der Waals surface area contributed by atoms with Crippen molar-refractivity contribution < 1.29 is 80.2 Å². The molecule has 0 rings (SSSR count). The summed E-state index contributed by atoms with van der Waals surface area (Å²) in [4.78, 5) is 72.6. The molecule has 0 bridgehead atoms. The largest absolute Gasteiger partial charge is 0.472 e. The molecule has 7 atom stereocenters. The van der Waals surface area contributed by atoms with Crippen LogP contribution in [-0.2, 0) is 65.4 Å². The molecule has 0 aliphatic carbocycles. The van der Waals surface area contributed by atoms with Gasteiger partial charge in [0.15, 0.2) is 12.2 Å². The van der Waals surface area contributed by atoms with Crippen molar-refractivity contribution in [3.8, 4) is 0 Å². The monoisotopic (exact) mass is 1370 g/mol.